The van der Waals surface area contributed by atoms with Gasteiger partial charge in [0, 0.05) is 15.5 Å². The normalized spacial score (nSPS) is 19.7. The van der Waals surface area contributed by atoms with E-state index in [4.69, 9.17) is 21.3 Å². The van der Waals surface area contributed by atoms with E-state index in [2.05, 4.69) is 6.58 Å². The lowest BCUT2D eigenvalue weighted by Crippen LogP contribution is -2.51. The molecule has 0 unspecified atom stereocenters. The molecule has 0 bridgehead atoms. The molecular formula is C23H23ClN2O2S. The number of methoxy groups -OCH3 is 1. The SMILES string of the molecule is C=C1SC(=Nc2ccccc2OC)N(C(=O)c2cccc(Cl)c2)C12CCCCC2. The Hall–Kier alpha value is -2.24. The van der Waals surface area contributed by atoms with E-state index in [9.17, 15) is 4.79 Å². The van der Waals surface area contributed by atoms with E-state index in [-0.39, 0.29) is 5.91 Å². The number of amidine groups is 1. The molecule has 1 amide bonds. The summed E-state index contributed by atoms with van der Waals surface area (Å²) >= 11 is 7.66. The summed E-state index contributed by atoms with van der Waals surface area (Å²) < 4.78 is 5.46. The number of carbonyl (C=O) groups excluding carboxylic acids is 1. The highest BCUT2D eigenvalue weighted by molar-refractivity contribution is 8.17. The zero-order valence-electron chi connectivity index (χ0n) is 16.4. The predicted octanol–water partition coefficient (Wildman–Crippen LogP) is 6.44. The van der Waals surface area contributed by atoms with Crippen molar-refractivity contribution >= 4 is 40.1 Å². The number of aliphatic imine (C=N–C) groups is 1. The first-order valence-corrected chi connectivity index (χ1v) is 10.9. The highest BCUT2D eigenvalue weighted by Crippen LogP contribution is 2.51. The van der Waals surface area contributed by atoms with Gasteiger partial charge in [-0.2, -0.15) is 0 Å². The zero-order valence-corrected chi connectivity index (χ0v) is 17.9. The van der Waals surface area contributed by atoms with Gasteiger partial charge in [0.25, 0.3) is 5.91 Å². The number of amides is 1. The molecule has 1 saturated heterocycles. The molecular weight excluding hydrogens is 404 g/mol. The monoisotopic (exact) mass is 426 g/mol. The average Bonchev–Trinajstić information content (AvgIpc) is 2.99. The molecule has 2 aromatic rings. The lowest BCUT2D eigenvalue weighted by molar-refractivity contribution is 0.0701. The van der Waals surface area contributed by atoms with E-state index in [0.29, 0.717) is 27.2 Å². The minimum atomic E-state index is -0.400. The lowest BCUT2D eigenvalue weighted by Gasteiger charge is -2.41. The van der Waals surface area contributed by atoms with E-state index < -0.39 is 5.54 Å². The molecule has 1 saturated carbocycles. The molecule has 2 aliphatic rings. The lowest BCUT2D eigenvalue weighted by atomic mass is 9.80. The van der Waals surface area contributed by atoms with Crippen LogP contribution in [0.5, 0.6) is 5.75 Å². The first-order chi connectivity index (χ1) is 14.0. The van der Waals surface area contributed by atoms with Gasteiger partial charge in [-0.3, -0.25) is 9.69 Å². The number of carbonyl (C=O) groups is 1. The van der Waals surface area contributed by atoms with Crippen molar-refractivity contribution in [1.29, 1.82) is 0 Å². The molecule has 150 valence electrons. The fourth-order valence-corrected chi connectivity index (χ4v) is 5.52. The van der Waals surface area contributed by atoms with Crippen LogP contribution in [0.4, 0.5) is 5.69 Å². The van der Waals surface area contributed by atoms with Crippen LogP contribution >= 0.6 is 23.4 Å². The van der Waals surface area contributed by atoms with Crippen LogP contribution in [-0.2, 0) is 0 Å². The quantitative estimate of drug-likeness (QED) is 0.566. The van der Waals surface area contributed by atoms with Crippen molar-refractivity contribution in [2.45, 2.75) is 37.6 Å². The van der Waals surface area contributed by atoms with Gasteiger partial charge >= 0.3 is 0 Å². The smallest absolute Gasteiger partial charge is 0.260 e. The van der Waals surface area contributed by atoms with Gasteiger partial charge in [0.2, 0.25) is 0 Å². The molecule has 1 heterocycles. The Morgan fingerprint density at radius 1 is 1.17 bits per heavy atom. The Bertz CT molecular complexity index is 982. The molecule has 0 N–H and O–H groups in total. The third-order valence-corrected chi connectivity index (χ3v) is 6.93. The molecule has 0 atom stereocenters. The average molecular weight is 427 g/mol. The highest BCUT2D eigenvalue weighted by Gasteiger charge is 2.51. The maximum atomic E-state index is 13.7. The van der Waals surface area contributed by atoms with E-state index in [1.165, 1.54) is 18.2 Å². The van der Waals surface area contributed by atoms with Gasteiger partial charge in [-0.25, -0.2) is 4.99 Å². The molecule has 29 heavy (non-hydrogen) atoms. The number of ether oxygens (including phenoxy) is 1. The van der Waals surface area contributed by atoms with Gasteiger partial charge < -0.3 is 4.74 Å². The third-order valence-electron chi connectivity index (χ3n) is 5.61. The number of hydrogen-bond donors (Lipinski definition) is 0. The standard InChI is InChI=1S/C23H23ClN2O2S/c1-16-23(13-6-3-7-14-23)26(21(27)17-9-8-10-18(24)15-17)22(29-16)25-19-11-4-5-12-20(19)28-2/h4-5,8-12,15H,1,3,6-7,13-14H2,2H3. The summed E-state index contributed by atoms with van der Waals surface area (Å²) in [6, 6.07) is 14.7. The number of hydrogen-bond acceptors (Lipinski definition) is 4. The Balaban J connectivity index is 1.83. The minimum Gasteiger partial charge on any atom is -0.494 e. The number of halogens is 1. The van der Waals surface area contributed by atoms with Crippen LogP contribution in [0.3, 0.4) is 0 Å². The molecule has 0 aromatic heterocycles. The van der Waals surface area contributed by atoms with E-state index in [1.54, 1.807) is 31.4 Å². The van der Waals surface area contributed by atoms with Crippen molar-refractivity contribution < 1.29 is 9.53 Å². The molecule has 6 heteroatoms. The second kappa shape index (κ2) is 8.25. The fourth-order valence-electron chi connectivity index (χ4n) is 4.13. The minimum absolute atomic E-state index is 0.0887. The molecule has 0 radical (unpaired) electrons. The van der Waals surface area contributed by atoms with Gasteiger partial charge in [-0.15, -0.1) is 0 Å². The summed E-state index contributed by atoms with van der Waals surface area (Å²) in [6.45, 7) is 4.34. The molecule has 1 spiro atoms. The van der Waals surface area contributed by atoms with E-state index in [1.807, 2.05) is 29.2 Å². The first kappa shape index (κ1) is 20.0. The molecule has 2 aromatic carbocycles. The maximum absolute atomic E-state index is 13.7. The van der Waals surface area contributed by atoms with Crippen LogP contribution < -0.4 is 4.74 Å². The summed E-state index contributed by atoms with van der Waals surface area (Å²) in [7, 11) is 1.62. The fraction of sp³-hybridized carbons (Fsp3) is 0.304. The van der Waals surface area contributed by atoms with Gasteiger partial charge in [0.05, 0.1) is 12.6 Å². The van der Waals surface area contributed by atoms with Gasteiger partial charge in [0.1, 0.15) is 11.4 Å². The topological polar surface area (TPSA) is 41.9 Å². The van der Waals surface area contributed by atoms with Crippen LogP contribution in [0.1, 0.15) is 42.5 Å². The largest absolute Gasteiger partial charge is 0.494 e. The number of para-hydroxylation sites is 2. The third kappa shape index (κ3) is 3.69. The molecule has 4 rings (SSSR count). The first-order valence-electron chi connectivity index (χ1n) is 9.74. The Kier molecular flexibility index (Phi) is 5.70. The molecule has 2 fully saturated rings. The number of rotatable bonds is 3. The Morgan fingerprint density at radius 2 is 1.93 bits per heavy atom. The number of benzene rings is 2. The van der Waals surface area contributed by atoms with Crippen molar-refractivity contribution in [2.75, 3.05) is 7.11 Å². The van der Waals surface area contributed by atoms with Gasteiger partial charge in [-0.05, 0) is 43.2 Å². The second-order valence-corrected chi connectivity index (χ2v) is 8.83. The van der Waals surface area contributed by atoms with Crippen molar-refractivity contribution in [1.82, 2.24) is 4.90 Å². The zero-order chi connectivity index (χ0) is 20.4. The molecule has 1 aliphatic heterocycles. The number of nitrogens with zero attached hydrogens (tertiary/aromatic N) is 2. The summed E-state index contributed by atoms with van der Waals surface area (Å²) in [5.41, 5.74) is 0.857. The Morgan fingerprint density at radius 3 is 2.66 bits per heavy atom. The van der Waals surface area contributed by atoms with Gasteiger partial charge in [-0.1, -0.05) is 67.4 Å². The van der Waals surface area contributed by atoms with E-state index in [0.717, 1.165) is 30.6 Å². The molecule has 4 nitrogen and oxygen atoms in total. The van der Waals surface area contributed by atoms with Crippen molar-refractivity contribution in [3.63, 3.8) is 0 Å². The summed E-state index contributed by atoms with van der Waals surface area (Å²) in [4.78, 5) is 21.4. The predicted molar refractivity (Wildman–Crippen MR) is 120 cm³/mol. The summed E-state index contributed by atoms with van der Waals surface area (Å²) in [5, 5.41) is 1.19. The van der Waals surface area contributed by atoms with Crippen LogP contribution in [0, 0.1) is 0 Å². The summed E-state index contributed by atoms with van der Waals surface area (Å²) in [6.07, 6.45) is 5.12. The summed E-state index contributed by atoms with van der Waals surface area (Å²) in [5.74, 6) is 0.583. The van der Waals surface area contributed by atoms with Gasteiger partial charge in [0.15, 0.2) is 5.17 Å². The highest BCUT2D eigenvalue weighted by atomic mass is 35.5. The van der Waals surface area contributed by atoms with Crippen LogP contribution in [-0.4, -0.2) is 28.6 Å². The van der Waals surface area contributed by atoms with Crippen molar-refractivity contribution in [3.05, 3.63) is 70.6 Å². The van der Waals surface area contributed by atoms with Crippen LogP contribution in [0.25, 0.3) is 0 Å². The van der Waals surface area contributed by atoms with E-state index >= 15 is 0 Å². The second-order valence-electron chi connectivity index (χ2n) is 7.33. The van der Waals surface area contributed by atoms with Crippen LogP contribution in [0.15, 0.2) is 65.0 Å². The number of thioether (sulfide) groups is 1. The molecule has 1 aliphatic carbocycles. The van der Waals surface area contributed by atoms with Crippen LogP contribution in [0.2, 0.25) is 5.02 Å². The maximum Gasteiger partial charge on any atom is 0.260 e. The van der Waals surface area contributed by atoms with Crippen molar-refractivity contribution in [2.24, 2.45) is 4.99 Å². The van der Waals surface area contributed by atoms with Crippen molar-refractivity contribution in [3.8, 4) is 5.75 Å². The Labute approximate surface area is 180 Å².